The highest BCUT2D eigenvalue weighted by Crippen LogP contribution is 2.16. The first kappa shape index (κ1) is 14.3. The Kier molecular flexibility index (Phi) is 4.80. The number of aliphatic hydroxyl groups excluding tert-OH is 1. The number of carbonyl (C=O) groups excluding carboxylic acids is 1. The first-order valence-corrected chi connectivity index (χ1v) is 6.92. The molecule has 5 heteroatoms. The maximum atomic E-state index is 12.1. The number of anilines is 1. The van der Waals surface area contributed by atoms with Gasteiger partial charge in [0.05, 0.1) is 12.1 Å². The van der Waals surface area contributed by atoms with Crippen molar-refractivity contribution < 1.29 is 9.90 Å². The standard InChI is InChI=1S/C14H19ClN2O2/c1-10(17-8-2-3-13(18)9-17)14(19)16-12-6-4-11(15)5-7-12/h4-7,10,13,18H,2-3,8-9H2,1H3,(H,16,19). The Balaban J connectivity index is 1.93. The summed E-state index contributed by atoms with van der Waals surface area (Å²) in [5.74, 6) is -0.0589. The average Bonchev–Trinajstić information content (AvgIpc) is 2.40. The fourth-order valence-electron chi connectivity index (χ4n) is 2.28. The lowest BCUT2D eigenvalue weighted by atomic mass is 10.1. The van der Waals surface area contributed by atoms with E-state index in [2.05, 4.69) is 5.32 Å². The fourth-order valence-corrected chi connectivity index (χ4v) is 2.41. The van der Waals surface area contributed by atoms with Gasteiger partial charge in [0.15, 0.2) is 0 Å². The van der Waals surface area contributed by atoms with Gasteiger partial charge in [-0.1, -0.05) is 11.6 Å². The summed E-state index contributed by atoms with van der Waals surface area (Å²) in [6.07, 6.45) is 1.43. The molecule has 0 radical (unpaired) electrons. The largest absolute Gasteiger partial charge is 0.392 e. The monoisotopic (exact) mass is 282 g/mol. The highest BCUT2D eigenvalue weighted by Gasteiger charge is 2.26. The van der Waals surface area contributed by atoms with E-state index in [1.165, 1.54) is 0 Å². The Hall–Kier alpha value is -1.10. The van der Waals surface area contributed by atoms with Crippen LogP contribution in [0.25, 0.3) is 0 Å². The lowest BCUT2D eigenvalue weighted by Gasteiger charge is -2.33. The zero-order valence-corrected chi connectivity index (χ0v) is 11.7. The Morgan fingerprint density at radius 3 is 2.79 bits per heavy atom. The zero-order valence-electron chi connectivity index (χ0n) is 11.0. The molecule has 0 bridgehead atoms. The second-order valence-corrected chi connectivity index (χ2v) is 5.40. The van der Waals surface area contributed by atoms with Crippen LogP contribution in [0.4, 0.5) is 5.69 Å². The van der Waals surface area contributed by atoms with Gasteiger partial charge in [0.2, 0.25) is 5.91 Å². The molecule has 0 saturated carbocycles. The molecule has 1 aromatic carbocycles. The van der Waals surface area contributed by atoms with E-state index in [9.17, 15) is 9.90 Å². The molecule has 19 heavy (non-hydrogen) atoms. The van der Waals surface area contributed by atoms with Crippen molar-refractivity contribution in [3.8, 4) is 0 Å². The topological polar surface area (TPSA) is 52.6 Å². The van der Waals surface area contributed by atoms with E-state index in [0.29, 0.717) is 11.6 Å². The molecule has 2 rings (SSSR count). The van der Waals surface area contributed by atoms with E-state index in [4.69, 9.17) is 11.6 Å². The van der Waals surface area contributed by atoms with Crippen LogP contribution in [0.5, 0.6) is 0 Å². The van der Waals surface area contributed by atoms with Gasteiger partial charge < -0.3 is 10.4 Å². The number of aliphatic hydroxyl groups is 1. The molecule has 1 fully saturated rings. The van der Waals surface area contributed by atoms with Gasteiger partial charge in [0.25, 0.3) is 0 Å². The third-order valence-corrected chi connectivity index (χ3v) is 3.72. The number of nitrogens with zero attached hydrogens (tertiary/aromatic N) is 1. The Labute approximate surface area is 118 Å². The molecule has 0 aliphatic carbocycles. The number of hydrogen-bond donors (Lipinski definition) is 2. The van der Waals surface area contributed by atoms with Gasteiger partial charge >= 0.3 is 0 Å². The number of piperidine rings is 1. The normalized spacial score (nSPS) is 21.9. The van der Waals surface area contributed by atoms with Crippen molar-refractivity contribution in [2.24, 2.45) is 0 Å². The van der Waals surface area contributed by atoms with Crippen molar-refractivity contribution in [3.63, 3.8) is 0 Å². The number of amides is 1. The summed E-state index contributed by atoms with van der Waals surface area (Å²) < 4.78 is 0. The van der Waals surface area contributed by atoms with E-state index in [0.717, 1.165) is 25.1 Å². The number of β-amino-alcohol motifs (C(OH)–C–C–N with tert-alkyl or cyclic N) is 1. The predicted octanol–water partition coefficient (Wildman–Crippen LogP) is 2.12. The van der Waals surface area contributed by atoms with Crippen LogP contribution in [0, 0.1) is 0 Å². The second-order valence-electron chi connectivity index (χ2n) is 4.96. The SMILES string of the molecule is CC(C(=O)Nc1ccc(Cl)cc1)N1CCCC(O)C1. The van der Waals surface area contributed by atoms with E-state index < -0.39 is 0 Å². The molecule has 1 amide bonds. The third-order valence-electron chi connectivity index (χ3n) is 3.47. The molecular formula is C14H19ClN2O2. The maximum Gasteiger partial charge on any atom is 0.241 e. The average molecular weight is 283 g/mol. The van der Waals surface area contributed by atoms with E-state index in [1.807, 2.05) is 11.8 Å². The summed E-state index contributed by atoms with van der Waals surface area (Å²) >= 11 is 5.80. The maximum absolute atomic E-state index is 12.1. The van der Waals surface area contributed by atoms with Crippen LogP contribution in [-0.2, 0) is 4.79 Å². The van der Waals surface area contributed by atoms with Crippen LogP contribution in [0.3, 0.4) is 0 Å². The third kappa shape index (κ3) is 3.93. The summed E-state index contributed by atoms with van der Waals surface area (Å²) in [7, 11) is 0. The van der Waals surface area contributed by atoms with Crippen LogP contribution in [0.15, 0.2) is 24.3 Å². The minimum Gasteiger partial charge on any atom is -0.392 e. The number of hydrogen-bond acceptors (Lipinski definition) is 3. The fraction of sp³-hybridized carbons (Fsp3) is 0.500. The molecule has 0 aromatic heterocycles. The Morgan fingerprint density at radius 2 is 2.16 bits per heavy atom. The van der Waals surface area contributed by atoms with Crippen molar-refractivity contribution in [1.29, 1.82) is 0 Å². The number of likely N-dealkylation sites (tertiary alicyclic amines) is 1. The van der Waals surface area contributed by atoms with Gasteiger partial charge in [-0.3, -0.25) is 9.69 Å². The number of carbonyl (C=O) groups is 1. The molecule has 2 unspecified atom stereocenters. The van der Waals surface area contributed by atoms with Gasteiger partial charge in [0, 0.05) is 17.3 Å². The summed E-state index contributed by atoms with van der Waals surface area (Å²) in [5.41, 5.74) is 0.735. The first-order valence-electron chi connectivity index (χ1n) is 6.55. The summed E-state index contributed by atoms with van der Waals surface area (Å²) in [6, 6.07) is 6.79. The summed E-state index contributed by atoms with van der Waals surface area (Å²) in [4.78, 5) is 14.1. The molecule has 4 nitrogen and oxygen atoms in total. The molecule has 0 spiro atoms. The van der Waals surface area contributed by atoms with E-state index in [1.54, 1.807) is 24.3 Å². The smallest absolute Gasteiger partial charge is 0.241 e. The molecule has 1 saturated heterocycles. The number of halogens is 1. The van der Waals surface area contributed by atoms with E-state index >= 15 is 0 Å². The van der Waals surface area contributed by atoms with Gasteiger partial charge in [-0.15, -0.1) is 0 Å². The highest BCUT2D eigenvalue weighted by molar-refractivity contribution is 6.30. The highest BCUT2D eigenvalue weighted by atomic mass is 35.5. The van der Waals surface area contributed by atoms with E-state index in [-0.39, 0.29) is 18.1 Å². The van der Waals surface area contributed by atoms with Crippen molar-refractivity contribution in [2.75, 3.05) is 18.4 Å². The Bertz CT molecular complexity index is 436. The molecule has 2 N–H and O–H groups in total. The molecule has 2 atom stereocenters. The lowest BCUT2D eigenvalue weighted by molar-refractivity contribution is -0.121. The van der Waals surface area contributed by atoms with Crippen molar-refractivity contribution >= 4 is 23.2 Å². The molecule has 104 valence electrons. The minimum absolute atomic E-state index is 0.0589. The van der Waals surface area contributed by atoms with Crippen molar-refractivity contribution in [3.05, 3.63) is 29.3 Å². The number of nitrogens with one attached hydrogen (secondary N) is 1. The molecule has 1 aliphatic heterocycles. The summed E-state index contributed by atoms with van der Waals surface area (Å²) in [5, 5.41) is 13.1. The first-order chi connectivity index (χ1) is 9.06. The van der Waals surface area contributed by atoms with Crippen LogP contribution in [0.1, 0.15) is 19.8 Å². The number of benzene rings is 1. The summed E-state index contributed by atoms with van der Waals surface area (Å²) in [6.45, 7) is 3.28. The quantitative estimate of drug-likeness (QED) is 0.893. The predicted molar refractivity (Wildman–Crippen MR) is 76.4 cm³/mol. The van der Waals surface area contributed by atoms with Crippen LogP contribution in [0.2, 0.25) is 5.02 Å². The van der Waals surface area contributed by atoms with Gasteiger partial charge in [0.1, 0.15) is 0 Å². The molecule has 1 heterocycles. The van der Waals surface area contributed by atoms with Crippen LogP contribution in [-0.4, -0.2) is 41.1 Å². The second kappa shape index (κ2) is 6.37. The molecule has 1 aliphatic rings. The molecule has 1 aromatic rings. The lowest BCUT2D eigenvalue weighted by Crippen LogP contribution is -2.48. The van der Waals surface area contributed by atoms with Gasteiger partial charge in [-0.25, -0.2) is 0 Å². The number of rotatable bonds is 3. The minimum atomic E-state index is -0.320. The zero-order chi connectivity index (χ0) is 13.8. The van der Waals surface area contributed by atoms with Crippen molar-refractivity contribution in [2.45, 2.75) is 31.9 Å². The van der Waals surface area contributed by atoms with Crippen LogP contribution >= 0.6 is 11.6 Å². The van der Waals surface area contributed by atoms with Gasteiger partial charge in [-0.05, 0) is 50.6 Å². The van der Waals surface area contributed by atoms with Crippen molar-refractivity contribution in [1.82, 2.24) is 4.90 Å². The van der Waals surface area contributed by atoms with Crippen LogP contribution < -0.4 is 5.32 Å². The molecular weight excluding hydrogens is 264 g/mol. The van der Waals surface area contributed by atoms with Gasteiger partial charge in [-0.2, -0.15) is 0 Å². The Morgan fingerprint density at radius 1 is 1.47 bits per heavy atom.